The van der Waals surface area contributed by atoms with Gasteiger partial charge < -0.3 is 19.3 Å². The van der Waals surface area contributed by atoms with Crippen LogP contribution < -0.4 is 5.32 Å². The topological polar surface area (TPSA) is 56.5 Å². The van der Waals surface area contributed by atoms with E-state index in [1.165, 1.54) is 0 Å². The van der Waals surface area contributed by atoms with Gasteiger partial charge in [-0.3, -0.25) is 0 Å². The van der Waals surface area contributed by atoms with E-state index < -0.39 is 0 Å². The lowest BCUT2D eigenvalue weighted by atomic mass is 10.1. The standard InChI is InChI=1S/C13H24N2O3/c1-10(13-11(2)15-18-12(13)3)14-6-5-7-17-9-8-16-4/h10,14H,5-9H2,1-4H3. The zero-order chi connectivity index (χ0) is 13.4. The van der Waals surface area contributed by atoms with E-state index >= 15 is 0 Å². The largest absolute Gasteiger partial charge is 0.382 e. The Morgan fingerprint density at radius 1 is 1.28 bits per heavy atom. The highest BCUT2D eigenvalue weighted by atomic mass is 16.5. The van der Waals surface area contributed by atoms with E-state index in [9.17, 15) is 0 Å². The van der Waals surface area contributed by atoms with Crippen LogP contribution in [0.15, 0.2) is 4.52 Å². The average Bonchev–Trinajstić information content (AvgIpc) is 2.68. The first-order valence-corrected chi connectivity index (χ1v) is 6.39. The van der Waals surface area contributed by atoms with E-state index in [0.29, 0.717) is 13.2 Å². The molecule has 1 rings (SSSR count). The fraction of sp³-hybridized carbons (Fsp3) is 0.769. The Bertz CT molecular complexity index is 319. The summed E-state index contributed by atoms with van der Waals surface area (Å²) in [5.41, 5.74) is 2.12. The quantitative estimate of drug-likeness (QED) is 0.685. The number of rotatable bonds is 9. The Morgan fingerprint density at radius 2 is 2.06 bits per heavy atom. The maximum Gasteiger partial charge on any atom is 0.138 e. The van der Waals surface area contributed by atoms with E-state index in [0.717, 1.165) is 36.6 Å². The number of methoxy groups -OCH3 is 1. The minimum atomic E-state index is 0.259. The van der Waals surface area contributed by atoms with Crippen molar-refractivity contribution < 1.29 is 14.0 Å². The molecule has 1 unspecified atom stereocenters. The molecule has 0 spiro atoms. The Hall–Kier alpha value is -0.910. The van der Waals surface area contributed by atoms with Crippen LogP contribution in [0.5, 0.6) is 0 Å². The van der Waals surface area contributed by atoms with Crippen LogP contribution in [0.25, 0.3) is 0 Å². The molecule has 1 atom stereocenters. The third-order valence-electron chi connectivity index (χ3n) is 2.87. The SMILES string of the molecule is COCCOCCCNC(C)c1c(C)noc1C. The summed E-state index contributed by atoms with van der Waals surface area (Å²) in [4.78, 5) is 0. The Labute approximate surface area is 109 Å². The van der Waals surface area contributed by atoms with Gasteiger partial charge in [0.05, 0.1) is 18.9 Å². The van der Waals surface area contributed by atoms with Gasteiger partial charge in [-0.1, -0.05) is 5.16 Å². The van der Waals surface area contributed by atoms with E-state index in [1.807, 2.05) is 13.8 Å². The molecule has 0 aromatic carbocycles. The first-order valence-electron chi connectivity index (χ1n) is 6.39. The smallest absolute Gasteiger partial charge is 0.138 e. The molecule has 0 fully saturated rings. The second kappa shape index (κ2) is 8.24. The van der Waals surface area contributed by atoms with Crippen LogP contribution in [0.4, 0.5) is 0 Å². The Morgan fingerprint density at radius 3 is 2.67 bits per heavy atom. The fourth-order valence-corrected chi connectivity index (χ4v) is 1.95. The van der Waals surface area contributed by atoms with Gasteiger partial charge in [-0.2, -0.15) is 0 Å². The van der Waals surface area contributed by atoms with Crippen molar-refractivity contribution in [1.29, 1.82) is 0 Å². The maximum absolute atomic E-state index is 5.40. The number of hydrogen-bond acceptors (Lipinski definition) is 5. The second-order valence-electron chi connectivity index (χ2n) is 4.37. The minimum Gasteiger partial charge on any atom is -0.382 e. The summed E-state index contributed by atoms with van der Waals surface area (Å²) in [5.74, 6) is 0.892. The lowest BCUT2D eigenvalue weighted by Gasteiger charge is -2.13. The fourth-order valence-electron chi connectivity index (χ4n) is 1.95. The first kappa shape index (κ1) is 15.1. The van der Waals surface area contributed by atoms with Crippen LogP contribution >= 0.6 is 0 Å². The van der Waals surface area contributed by atoms with Crippen molar-refractivity contribution in [3.63, 3.8) is 0 Å². The summed E-state index contributed by atoms with van der Waals surface area (Å²) in [6, 6.07) is 0.259. The Kier molecular flexibility index (Phi) is 6.93. The third-order valence-corrected chi connectivity index (χ3v) is 2.87. The summed E-state index contributed by atoms with van der Waals surface area (Å²) in [7, 11) is 1.68. The molecule has 5 nitrogen and oxygen atoms in total. The van der Waals surface area contributed by atoms with Crippen molar-refractivity contribution in [2.45, 2.75) is 33.2 Å². The molecule has 1 heterocycles. The lowest BCUT2D eigenvalue weighted by Crippen LogP contribution is -2.22. The summed E-state index contributed by atoms with van der Waals surface area (Å²) in [5, 5.41) is 7.41. The highest BCUT2D eigenvalue weighted by molar-refractivity contribution is 5.24. The molecule has 18 heavy (non-hydrogen) atoms. The van der Waals surface area contributed by atoms with Gasteiger partial charge in [-0.05, 0) is 33.7 Å². The molecule has 0 aliphatic carbocycles. The van der Waals surface area contributed by atoms with Crippen LogP contribution in [-0.4, -0.2) is 38.6 Å². The number of nitrogens with zero attached hydrogens (tertiary/aromatic N) is 1. The molecular formula is C13H24N2O3. The molecule has 5 heteroatoms. The Balaban J connectivity index is 2.16. The van der Waals surface area contributed by atoms with Crippen molar-refractivity contribution in [2.75, 3.05) is 33.5 Å². The average molecular weight is 256 g/mol. The van der Waals surface area contributed by atoms with Crippen molar-refractivity contribution in [3.8, 4) is 0 Å². The summed E-state index contributed by atoms with van der Waals surface area (Å²) in [6.07, 6.45) is 0.984. The molecular weight excluding hydrogens is 232 g/mol. The zero-order valence-corrected chi connectivity index (χ0v) is 11.8. The maximum atomic E-state index is 5.40. The molecule has 1 aromatic heterocycles. The minimum absolute atomic E-state index is 0.259. The van der Waals surface area contributed by atoms with E-state index in [1.54, 1.807) is 7.11 Å². The second-order valence-corrected chi connectivity index (χ2v) is 4.37. The van der Waals surface area contributed by atoms with Gasteiger partial charge in [0.2, 0.25) is 0 Å². The predicted molar refractivity (Wildman–Crippen MR) is 69.7 cm³/mol. The monoisotopic (exact) mass is 256 g/mol. The molecule has 0 saturated heterocycles. The van der Waals surface area contributed by atoms with Gasteiger partial charge in [-0.15, -0.1) is 0 Å². The normalized spacial score (nSPS) is 12.9. The zero-order valence-electron chi connectivity index (χ0n) is 11.8. The molecule has 1 aromatic rings. The molecule has 0 bridgehead atoms. The van der Waals surface area contributed by atoms with Gasteiger partial charge in [-0.25, -0.2) is 0 Å². The van der Waals surface area contributed by atoms with Gasteiger partial charge >= 0.3 is 0 Å². The van der Waals surface area contributed by atoms with Gasteiger partial charge in [0.15, 0.2) is 0 Å². The molecule has 0 aliphatic heterocycles. The number of aromatic nitrogens is 1. The van der Waals surface area contributed by atoms with Crippen LogP contribution in [0.1, 0.15) is 36.4 Å². The summed E-state index contributed by atoms with van der Waals surface area (Å²) in [6.45, 7) is 9.03. The molecule has 0 saturated carbocycles. The first-order chi connectivity index (χ1) is 8.66. The van der Waals surface area contributed by atoms with Crippen molar-refractivity contribution in [2.24, 2.45) is 0 Å². The number of hydrogen-bond donors (Lipinski definition) is 1. The lowest BCUT2D eigenvalue weighted by molar-refractivity contribution is 0.0693. The van der Waals surface area contributed by atoms with Crippen LogP contribution in [-0.2, 0) is 9.47 Å². The van der Waals surface area contributed by atoms with Crippen molar-refractivity contribution in [1.82, 2.24) is 10.5 Å². The number of ether oxygens (including phenoxy) is 2. The van der Waals surface area contributed by atoms with Gasteiger partial charge in [0.1, 0.15) is 5.76 Å². The predicted octanol–water partition coefficient (Wildman–Crippen LogP) is 2.00. The van der Waals surface area contributed by atoms with Gasteiger partial charge in [0.25, 0.3) is 0 Å². The van der Waals surface area contributed by atoms with Gasteiger partial charge in [0, 0.05) is 25.3 Å². The van der Waals surface area contributed by atoms with E-state index in [4.69, 9.17) is 14.0 Å². The van der Waals surface area contributed by atoms with E-state index in [-0.39, 0.29) is 6.04 Å². The highest BCUT2D eigenvalue weighted by Crippen LogP contribution is 2.20. The van der Waals surface area contributed by atoms with E-state index in [2.05, 4.69) is 17.4 Å². The summed E-state index contributed by atoms with van der Waals surface area (Å²) < 4.78 is 15.5. The number of nitrogens with one attached hydrogen (secondary N) is 1. The highest BCUT2D eigenvalue weighted by Gasteiger charge is 2.15. The van der Waals surface area contributed by atoms with Crippen LogP contribution in [0, 0.1) is 13.8 Å². The molecule has 0 radical (unpaired) electrons. The van der Waals surface area contributed by atoms with Crippen molar-refractivity contribution in [3.05, 3.63) is 17.0 Å². The van der Waals surface area contributed by atoms with Crippen molar-refractivity contribution >= 4 is 0 Å². The van der Waals surface area contributed by atoms with Crippen LogP contribution in [0.2, 0.25) is 0 Å². The molecule has 104 valence electrons. The van der Waals surface area contributed by atoms with Crippen LogP contribution in [0.3, 0.4) is 0 Å². The molecule has 0 aliphatic rings. The number of aryl methyl sites for hydroxylation is 2. The molecule has 0 amide bonds. The summed E-state index contributed by atoms with van der Waals surface area (Å²) >= 11 is 0. The molecule has 1 N–H and O–H groups in total. The third kappa shape index (κ3) is 4.76.